The molecular formula is C12H15ClN2O3. The van der Waals surface area contributed by atoms with Crippen LogP contribution in [0.3, 0.4) is 0 Å². The third kappa shape index (κ3) is 4.73. The summed E-state index contributed by atoms with van der Waals surface area (Å²) in [5.41, 5.74) is 5.75. The SMILES string of the molecule is NCCCCC(=O)Nc1cc(Cl)cc(C(=O)O)c1. The van der Waals surface area contributed by atoms with E-state index < -0.39 is 5.97 Å². The summed E-state index contributed by atoms with van der Waals surface area (Å²) in [5.74, 6) is -1.27. The Labute approximate surface area is 110 Å². The van der Waals surface area contributed by atoms with Gasteiger partial charge in [0.25, 0.3) is 0 Å². The van der Waals surface area contributed by atoms with Gasteiger partial charge in [0.05, 0.1) is 5.56 Å². The molecule has 0 spiro atoms. The highest BCUT2D eigenvalue weighted by Crippen LogP contribution is 2.19. The fourth-order valence-corrected chi connectivity index (χ4v) is 1.67. The van der Waals surface area contributed by atoms with Gasteiger partial charge < -0.3 is 16.2 Å². The van der Waals surface area contributed by atoms with Gasteiger partial charge in [0, 0.05) is 17.1 Å². The maximum absolute atomic E-state index is 11.5. The number of carboxylic acids is 1. The molecule has 0 aromatic heterocycles. The number of rotatable bonds is 6. The van der Waals surface area contributed by atoms with Crippen LogP contribution in [0.2, 0.25) is 5.02 Å². The summed E-state index contributed by atoms with van der Waals surface area (Å²) in [7, 11) is 0. The number of halogens is 1. The molecule has 0 atom stereocenters. The number of hydrogen-bond acceptors (Lipinski definition) is 3. The number of benzene rings is 1. The summed E-state index contributed by atoms with van der Waals surface area (Å²) in [5, 5.41) is 11.7. The fourth-order valence-electron chi connectivity index (χ4n) is 1.44. The molecule has 0 unspecified atom stereocenters. The van der Waals surface area contributed by atoms with Crippen molar-refractivity contribution in [3.05, 3.63) is 28.8 Å². The topological polar surface area (TPSA) is 92.4 Å². The van der Waals surface area contributed by atoms with Crippen LogP contribution in [-0.4, -0.2) is 23.5 Å². The van der Waals surface area contributed by atoms with Crippen molar-refractivity contribution in [2.75, 3.05) is 11.9 Å². The minimum atomic E-state index is -1.09. The summed E-state index contributed by atoms with van der Waals surface area (Å²) in [6, 6.07) is 4.21. The molecule has 1 aromatic rings. The van der Waals surface area contributed by atoms with E-state index in [0.717, 1.165) is 6.42 Å². The molecule has 0 bridgehead atoms. The molecule has 0 fully saturated rings. The average Bonchev–Trinajstić information content (AvgIpc) is 2.28. The van der Waals surface area contributed by atoms with Gasteiger partial charge in [-0.1, -0.05) is 11.6 Å². The zero-order valence-electron chi connectivity index (χ0n) is 9.78. The van der Waals surface area contributed by atoms with Gasteiger partial charge in [-0.2, -0.15) is 0 Å². The van der Waals surface area contributed by atoms with Crippen molar-refractivity contribution < 1.29 is 14.7 Å². The first-order chi connectivity index (χ1) is 8.52. The monoisotopic (exact) mass is 270 g/mol. The molecule has 1 rings (SSSR count). The molecular weight excluding hydrogens is 256 g/mol. The van der Waals surface area contributed by atoms with E-state index in [0.29, 0.717) is 25.1 Å². The number of nitrogens with two attached hydrogens (primary N) is 1. The van der Waals surface area contributed by atoms with Crippen LogP contribution in [-0.2, 0) is 4.79 Å². The molecule has 0 aliphatic rings. The van der Waals surface area contributed by atoms with E-state index in [1.54, 1.807) is 0 Å². The van der Waals surface area contributed by atoms with Crippen LogP contribution in [0.5, 0.6) is 0 Å². The predicted molar refractivity (Wildman–Crippen MR) is 69.9 cm³/mol. The fraction of sp³-hybridized carbons (Fsp3) is 0.333. The number of nitrogens with one attached hydrogen (secondary N) is 1. The first-order valence-electron chi connectivity index (χ1n) is 5.56. The van der Waals surface area contributed by atoms with Crippen LogP contribution in [0, 0.1) is 0 Å². The van der Waals surface area contributed by atoms with E-state index in [1.807, 2.05) is 0 Å². The second kappa shape index (κ2) is 6.98. The summed E-state index contributed by atoms with van der Waals surface area (Å²) < 4.78 is 0. The Hall–Kier alpha value is -1.59. The van der Waals surface area contributed by atoms with E-state index in [2.05, 4.69) is 5.32 Å². The molecule has 0 heterocycles. The van der Waals surface area contributed by atoms with E-state index in [4.69, 9.17) is 22.4 Å². The lowest BCUT2D eigenvalue weighted by Gasteiger charge is -2.06. The normalized spacial score (nSPS) is 10.1. The quantitative estimate of drug-likeness (QED) is 0.690. The van der Waals surface area contributed by atoms with Crippen molar-refractivity contribution in [1.82, 2.24) is 0 Å². The van der Waals surface area contributed by atoms with Crippen LogP contribution in [0.1, 0.15) is 29.6 Å². The van der Waals surface area contributed by atoms with Gasteiger partial charge in [-0.25, -0.2) is 4.79 Å². The number of amides is 1. The Morgan fingerprint density at radius 2 is 2.00 bits per heavy atom. The Kier molecular flexibility index (Phi) is 5.61. The van der Waals surface area contributed by atoms with E-state index in [1.165, 1.54) is 18.2 Å². The van der Waals surface area contributed by atoms with E-state index in [-0.39, 0.29) is 16.5 Å². The Bertz CT molecular complexity index is 449. The highest BCUT2D eigenvalue weighted by molar-refractivity contribution is 6.31. The second-order valence-electron chi connectivity index (χ2n) is 3.83. The molecule has 0 saturated heterocycles. The minimum Gasteiger partial charge on any atom is -0.478 e. The number of carbonyl (C=O) groups excluding carboxylic acids is 1. The van der Waals surface area contributed by atoms with Crippen molar-refractivity contribution in [3.63, 3.8) is 0 Å². The molecule has 1 aromatic carbocycles. The van der Waals surface area contributed by atoms with Crippen molar-refractivity contribution >= 4 is 29.2 Å². The molecule has 0 saturated carbocycles. The maximum Gasteiger partial charge on any atom is 0.335 e. The number of carboxylic acid groups (broad SMARTS) is 1. The molecule has 0 aliphatic heterocycles. The number of anilines is 1. The first kappa shape index (κ1) is 14.5. The van der Waals surface area contributed by atoms with Crippen LogP contribution < -0.4 is 11.1 Å². The molecule has 18 heavy (non-hydrogen) atoms. The summed E-state index contributed by atoms with van der Waals surface area (Å²) in [4.78, 5) is 22.4. The van der Waals surface area contributed by atoms with Gasteiger partial charge in [-0.15, -0.1) is 0 Å². The number of aromatic carboxylic acids is 1. The number of hydrogen-bond donors (Lipinski definition) is 3. The van der Waals surface area contributed by atoms with E-state index in [9.17, 15) is 9.59 Å². The largest absolute Gasteiger partial charge is 0.478 e. The van der Waals surface area contributed by atoms with Crippen LogP contribution >= 0.6 is 11.6 Å². The van der Waals surface area contributed by atoms with Crippen molar-refractivity contribution in [3.8, 4) is 0 Å². The standard InChI is InChI=1S/C12H15ClN2O3/c13-9-5-8(12(17)18)6-10(7-9)15-11(16)3-1-2-4-14/h5-7H,1-4,14H2,(H,15,16)(H,17,18). The maximum atomic E-state index is 11.5. The van der Waals surface area contributed by atoms with Crippen LogP contribution in [0.25, 0.3) is 0 Å². The molecule has 5 nitrogen and oxygen atoms in total. The van der Waals surface area contributed by atoms with Crippen LogP contribution in [0.15, 0.2) is 18.2 Å². The van der Waals surface area contributed by atoms with Crippen LogP contribution in [0.4, 0.5) is 5.69 Å². The van der Waals surface area contributed by atoms with Crippen molar-refractivity contribution in [2.24, 2.45) is 5.73 Å². The third-order valence-corrected chi connectivity index (χ3v) is 2.50. The van der Waals surface area contributed by atoms with E-state index >= 15 is 0 Å². The molecule has 6 heteroatoms. The lowest BCUT2D eigenvalue weighted by Crippen LogP contribution is -2.12. The lowest BCUT2D eigenvalue weighted by atomic mass is 10.2. The first-order valence-corrected chi connectivity index (χ1v) is 5.94. The summed E-state index contributed by atoms with van der Waals surface area (Å²) in [6.45, 7) is 0.549. The number of unbranched alkanes of at least 4 members (excludes halogenated alkanes) is 1. The smallest absolute Gasteiger partial charge is 0.335 e. The highest BCUT2D eigenvalue weighted by Gasteiger charge is 2.08. The zero-order chi connectivity index (χ0) is 13.5. The lowest BCUT2D eigenvalue weighted by molar-refractivity contribution is -0.116. The Morgan fingerprint density at radius 1 is 1.28 bits per heavy atom. The average molecular weight is 271 g/mol. The molecule has 0 aliphatic carbocycles. The van der Waals surface area contributed by atoms with Crippen molar-refractivity contribution in [2.45, 2.75) is 19.3 Å². The Morgan fingerprint density at radius 3 is 2.61 bits per heavy atom. The minimum absolute atomic E-state index is 0.0414. The molecule has 98 valence electrons. The highest BCUT2D eigenvalue weighted by atomic mass is 35.5. The third-order valence-electron chi connectivity index (χ3n) is 2.29. The number of carbonyl (C=O) groups is 2. The second-order valence-corrected chi connectivity index (χ2v) is 4.26. The van der Waals surface area contributed by atoms with Gasteiger partial charge in [-0.3, -0.25) is 4.79 Å². The zero-order valence-corrected chi connectivity index (χ0v) is 10.5. The molecule has 0 radical (unpaired) electrons. The summed E-state index contributed by atoms with van der Waals surface area (Å²) in [6.07, 6.45) is 1.84. The van der Waals surface area contributed by atoms with Gasteiger partial charge in [0.1, 0.15) is 0 Å². The van der Waals surface area contributed by atoms with Gasteiger partial charge in [0.15, 0.2) is 0 Å². The Balaban J connectivity index is 2.66. The molecule has 1 amide bonds. The predicted octanol–water partition coefficient (Wildman–Crippen LogP) is 2.11. The van der Waals surface area contributed by atoms with Gasteiger partial charge in [-0.05, 0) is 37.6 Å². The van der Waals surface area contributed by atoms with Crippen molar-refractivity contribution in [1.29, 1.82) is 0 Å². The van der Waals surface area contributed by atoms with Gasteiger partial charge >= 0.3 is 5.97 Å². The van der Waals surface area contributed by atoms with Gasteiger partial charge in [0.2, 0.25) is 5.91 Å². The summed E-state index contributed by atoms with van der Waals surface area (Å²) >= 11 is 5.77. The molecule has 4 N–H and O–H groups in total.